The van der Waals surface area contributed by atoms with Gasteiger partial charge in [0.2, 0.25) is 0 Å². The second kappa shape index (κ2) is 2.01. The maximum absolute atomic E-state index is 5.51. The molecule has 0 unspecified atom stereocenters. The molecule has 1 fully saturated rings. The number of anilines is 1. The average molecular weight is 137 g/mol. The van der Waals surface area contributed by atoms with Gasteiger partial charge in [0.05, 0.1) is 17.9 Å². The van der Waals surface area contributed by atoms with E-state index < -0.39 is 0 Å². The minimum atomic E-state index is 0.636. The zero-order valence-electron chi connectivity index (χ0n) is 5.83. The van der Waals surface area contributed by atoms with Gasteiger partial charge in [-0.25, -0.2) is 0 Å². The van der Waals surface area contributed by atoms with Gasteiger partial charge < -0.3 is 5.73 Å². The first-order chi connectivity index (χ1) is 4.86. The molecule has 0 amide bonds. The maximum atomic E-state index is 5.51. The Balaban J connectivity index is 2.17. The third-order valence-corrected chi connectivity index (χ3v) is 2.07. The Morgan fingerprint density at radius 1 is 1.60 bits per heavy atom. The molecular formula is C7H11N3. The van der Waals surface area contributed by atoms with Gasteiger partial charge in [0.1, 0.15) is 0 Å². The van der Waals surface area contributed by atoms with Crippen molar-refractivity contribution in [3.05, 3.63) is 12.4 Å². The average Bonchev–Trinajstić information content (AvgIpc) is 2.10. The smallest absolute Gasteiger partial charge is 0.0719 e. The molecule has 0 saturated heterocycles. The van der Waals surface area contributed by atoms with E-state index in [4.69, 9.17) is 5.73 Å². The van der Waals surface area contributed by atoms with Crippen LogP contribution in [-0.4, -0.2) is 9.78 Å². The molecule has 1 heterocycles. The molecule has 1 aliphatic carbocycles. The molecule has 3 nitrogen and oxygen atoms in total. The van der Waals surface area contributed by atoms with E-state index in [0.717, 1.165) is 5.69 Å². The van der Waals surface area contributed by atoms with Crippen LogP contribution in [0.3, 0.4) is 0 Å². The summed E-state index contributed by atoms with van der Waals surface area (Å²) in [6, 6.07) is 0.636. The van der Waals surface area contributed by atoms with E-state index in [-0.39, 0.29) is 0 Å². The molecule has 1 aromatic heterocycles. The fourth-order valence-corrected chi connectivity index (χ4v) is 1.20. The summed E-state index contributed by atoms with van der Waals surface area (Å²) in [5.74, 6) is 0. The van der Waals surface area contributed by atoms with Crippen LogP contribution < -0.4 is 5.73 Å². The third-order valence-electron chi connectivity index (χ3n) is 2.07. The van der Waals surface area contributed by atoms with E-state index in [0.29, 0.717) is 6.04 Å². The summed E-state index contributed by atoms with van der Waals surface area (Å²) in [7, 11) is 0. The highest BCUT2D eigenvalue weighted by Crippen LogP contribution is 2.30. The first-order valence-electron chi connectivity index (χ1n) is 3.66. The van der Waals surface area contributed by atoms with Gasteiger partial charge in [-0.2, -0.15) is 5.10 Å². The number of nitrogens with zero attached hydrogens (tertiary/aromatic N) is 2. The van der Waals surface area contributed by atoms with Crippen LogP contribution in [0.15, 0.2) is 12.4 Å². The Morgan fingerprint density at radius 2 is 2.40 bits per heavy atom. The van der Waals surface area contributed by atoms with E-state index >= 15 is 0 Å². The summed E-state index contributed by atoms with van der Waals surface area (Å²) in [5, 5.41) is 4.13. The molecule has 54 valence electrons. The van der Waals surface area contributed by atoms with Crippen LogP contribution in [0.2, 0.25) is 0 Å². The Kier molecular flexibility index (Phi) is 1.16. The van der Waals surface area contributed by atoms with E-state index in [9.17, 15) is 0 Å². The van der Waals surface area contributed by atoms with E-state index in [1.54, 1.807) is 6.20 Å². The number of nitrogens with two attached hydrogens (primary N) is 1. The Bertz CT molecular complexity index is 225. The summed E-state index contributed by atoms with van der Waals surface area (Å²) in [6.07, 6.45) is 7.48. The minimum absolute atomic E-state index is 0.636. The second-order valence-electron chi connectivity index (χ2n) is 2.84. The molecule has 1 saturated carbocycles. The summed E-state index contributed by atoms with van der Waals surface area (Å²) in [5.41, 5.74) is 6.28. The van der Waals surface area contributed by atoms with E-state index in [1.165, 1.54) is 19.3 Å². The van der Waals surface area contributed by atoms with Gasteiger partial charge in [-0.3, -0.25) is 4.68 Å². The van der Waals surface area contributed by atoms with Crippen molar-refractivity contribution in [2.75, 3.05) is 5.73 Å². The van der Waals surface area contributed by atoms with Gasteiger partial charge in [0.25, 0.3) is 0 Å². The number of aromatic nitrogens is 2. The Labute approximate surface area is 59.8 Å². The van der Waals surface area contributed by atoms with Crippen molar-refractivity contribution in [3.63, 3.8) is 0 Å². The lowest BCUT2D eigenvalue weighted by atomic mass is 9.93. The highest BCUT2D eigenvalue weighted by molar-refractivity contribution is 5.30. The zero-order valence-corrected chi connectivity index (χ0v) is 5.83. The zero-order chi connectivity index (χ0) is 6.97. The largest absolute Gasteiger partial charge is 0.396 e. The second-order valence-corrected chi connectivity index (χ2v) is 2.84. The summed E-state index contributed by atoms with van der Waals surface area (Å²) in [6.45, 7) is 0. The third kappa shape index (κ3) is 0.781. The van der Waals surface area contributed by atoms with E-state index in [1.807, 2.05) is 10.9 Å². The highest BCUT2D eigenvalue weighted by atomic mass is 15.3. The fraction of sp³-hybridized carbons (Fsp3) is 0.571. The molecular weight excluding hydrogens is 126 g/mol. The van der Waals surface area contributed by atoms with Gasteiger partial charge >= 0.3 is 0 Å². The molecule has 0 aromatic carbocycles. The van der Waals surface area contributed by atoms with E-state index in [2.05, 4.69) is 5.10 Å². The number of nitrogen functional groups attached to an aromatic ring is 1. The summed E-state index contributed by atoms with van der Waals surface area (Å²) in [4.78, 5) is 0. The van der Waals surface area contributed by atoms with Crippen LogP contribution in [0.4, 0.5) is 5.69 Å². The standard InChI is InChI=1S/C7H11N3/c8-6-4-9-10(5-6)7-2-1-3-7/h4-5,7H,1-3,8H2. The number of hydrogen-bond acceptors (Lipinski definition) is 2. The molecule has 2 rings (SSSR count). The van der Waals surface area contributed by atoms with Crippen molar-refractivity contribution in [2.45, 2.75) is 25.3 Å². The summed E-state index contributed by atoms with van der Waals surface area (Å²) >= 11 is 0. The van der Waals surface area contributed by atoms with Crippen LogP contribution in [0, 0.1) is 0 Å². The van der Waals surface area contributed by atoms with Gasteiger partial charge in [0.15, 0.2) is 0 Å². The van der Waals surface area contributed by atoms with Crippen LogP contribution in [0.5, 0.6) is 0 Å². The molecule has 0 atom stereocenters. The van der Waals surface area contributed by atoms with Crippen molar-refractivity contribution in [2.24, 2.45) is 0 Å². The molecule has 0 radical (unpaired) electrons. The monoisotopic (exact) mass is 137 g/mol. The molecule has 1 aromatic rings. The molecule has 0 spiro atoms. The Hall–Kier alpha value is -0.990. The first-order valence-corrected chi connectivity index (χ1v) is 3.66. The number of hydrogen-bond donors (Lipinski definition) is 1. The van der Waals surface area contributed by atoms with Gasteiger partial charge in [-0.15, -0.1) is 0 Å². The highest BCUT2D eigenvalue weighted by Gasteiger charge is 2.19. The first kappa shape index (κ1) is 5.77. The topological polar surface area (TPSA) is 43.8 Å². The SMILES string of the molecule is Nc1cnn(C2CCC2)c1. The van der Waals surface area contributed by atoms with Gasteiger partial charge in [0, 0.05) is 6.20 Å². The van der Waals surface area contributed by atoms with Crippen molar-refractivity contribution < 1.29 is 0 Å². The molecule has 0 bridgehead atoms. The maximum Gasteiger partial charge on any atom is 0.0719 e. The molecule has 2 N–H and O–H groups in total. The molecule has 10 heavy (non-hydrogen) atoms. The predicted octanol–water partition coefficient (Wildman–Crippen LogP) is 1.19. The van der Waals surface area contributed by atoms with Crippen molar-refractivity contribution in [3.8, 4) is 0 Å². The molecule has 1 aliphatic rings. The van der Waals surface area contributed by atoms with Crippen LogP contribution in [0.1, 0.15) is 25.3 Å². The lowest BCUT2D eigenvalue weighted by molar-refractivity contribution is 0.289. The van der Waals surface area contributed by atoms with Gasteiger partial charge in [-0.05, 0) is 19.3 Å². The van der Waals surface area contributed by atoms with Crippen LogP contribution >= 0.6 is 0 Å². The van der Waals surface area contributed by atoms with Gasteiger partial charge in [-0.1, -0.05) is 0 Å². The quantitative estimate of drug-likeness (QED) is 0.631. The Morgan fingerprint density at radius 3 is 2.80 bits per heavy atom. The van der Waals surface area contributed by atoms with Crippen LogP contribution in [0.25, 0.3) is 0 Å². The summed E-state index contributed by atoms with van der Waals surface area (Å²) < 4.78 is 1.97. The van der Waals surface area contributed by atoms with Crippen molar-refractivity contribution in [1.29, 1.82) is 0 Å². The lowest BCUT2D eigenvalue weighted by Crippen LogP contribution is -2.16. The number of rotatable bonds is 1. The lowest BCUT2D eigenvalue weighted by Gasteiger charge is -2.25. The predicted molar refractivity (Wildman–Crippen MR) is 39.5 cm³/mol. The fourth-order valence-electron chi connectivity index (χ4n) is 1.20. The molecule has 3 heteroatoms. The molecule has 0 aliphatic heterocycles. The normalized spacial score (nSPS) is 18.8. The van der Waals surface area contributed by atoms with Crippen molar-refractivity contribution in [1.82, 2.24) is 9.78 Å². The minimum Gasteiger partial charge on any atom is -0.396 e. The van der Waals surface area contributed by atoms with Crippen LogP contribution in [-0.2, 0) is 0 Å². The van der Waals surface area contributed by atoms with Crippen molar-refractivity contribution >= 4 is 5.69 Å².